The summed E-state index contributed by atoms with van der Waals surface area (Å²) in [6.45, 7) is 1.93. The number of benzene rings is 1. The lowest BCUT2D eigenvalue weighted by Gasteiger charge is -2.33. The van der Waals surface area contributed by atoms with Gasteiger partial charge in [-0.05, 0) is 55.9 Å². The van der Waals surface area contributed by atoms with Gasteiger partial charge in [0, 0.05) is 25.8 Å². The van der Waals surface area contributed by atoms with Crippen molar-refractivity contribution in [3.63, 3.8) is 0 Å². The largest absolute Gasteiger partial charge is 0.478 e. The molecule has 0 spiro atoms. The van der Waals surface area contributed by atoms with Crippen LogP contribution in [0.5, 0.6) is 0 Å². The maximum absolute atomic E-state index is 12.9. The van der Waals surface area contributed by atoms with E-state index in [9.17, 15) is 13.2 Å². The SMILES string of the molecule is O=C(O)c1ccc(S(=O)(=O)N2CCCC2C2CCOCC2)cc1. The molecule has 6 nitrogen and oxygen atoms in total. The second kappa shape index (κ2) is 6.59. The molecule has 3 rings (SSSR count). The minimum absolute atomic E-state index is 0.0306. The van der Waals surface area contributed by atoms with Gasteiger partial charge in [0.2, 0.25) is 10.0 Å². The molecule has 0 bridgehead atoms. The molecule has 0 saturated carbocycles. The van der Waals surface area contributed by atoms with Crippen molar-refractivity contribution in [1.82, 2.24) is 4.31 Å². The smallest absolute Gasteiger partial charge is 0.335 e. The number of aromatic carboxylic acids is 1. The van der Waals surface area contributed by atoms with Gasteiger partial charge in [0.05, 0.1) is 10.5 Å². The van der Waals surface area contributed by atoms with Crippen LogP contribution in [-0.2, 0) is 14.8 Å². The summed E-state index contributed by atoms with van der Waals surface area (Å²) in [7, 11) is -3.58. The number of nitrogens with zero attached hydrogens (tertiary/aromatic N) is 1. The first kappa shape index (κ1) is 16.4. The number of sulfonamides is 1. The molecule has 0 amide bonds. The number of ether oxygens (including phenoxy) is 1. The van der Waals surface area contributed by atoms with Crippen LogP contribution < -0.4 is 0 Å². The molecule has 0 radical (unpaired) electrons. The van der Waals surface area contributed by atoms with Gasteiger partial charge in [-0.3, -0.25) is 0 Å². The predicted molar refractivity (Wildman–Crippen MR) is 83.9 cm³/mol. The standard InChI is InChI=1S/C16H21NO5S/c18-16(19)13-3-5-14(6-4-13)23(20,21)17-9-1-2-15(17)12-7-10-22-11-8-12/h3-6,12,15H,1-2,7-11H2,(H,18,19). The highest BCUT2D eigenvalue weighted by Gasteiger charge is 2.39. The van der Waals surface area contributed by atoms with E-state index in [2.05, 4.69) is 0 Å². The van der Waals surface area contributed by atoms with Crippen molar-refractivity contribution in [2.75, 3.05) is 19.8 Å². The number of hydrogen-bond donors (Lipinski definition) is 1. The molecule has 2 heterocycles. The van der Waals surface area contributed by atoms with E-state index in [0.29, 0.717) is 25.7 Å². The zero-order valence-electron chi connectivity index (χ0n) is 12.8. The van der Waals surface area contributed by atoms with Crippen LogP contribution in [0.15, 0.2) is 29.2 Å². The molecule has 2 fully saturated rings. The van der Waals surface area contributed by atoms with Crippen molar-refractivity contribution in [2.24, 2.45) is 5.92 Å². The van der Waals surface area contributed by atoms with Crippen LogP contribution in [-0.4, -0.2) is 49.6 Å². The van der Waals surface area contributed by atoms with E-state index >= 15 is 0 Å². The summed E-state index contributed by atoms with van der Waals surface area (Å²) < 4.78 is 32.8. The molecule has 0 aromatic heterocycles. The van der Waals surface area contributed by atoms with Gasteiger partial charge in [0.1, 0.15) is 0 Å². The topological polar surface area (TPSA) is 83.9 Å². The Morgan fingerprint density at radius 1 is 1.13 bits per heavy atom. The van der Waals surface area contributed by atoms with Gasteiger partial charge in [0.25, 0.3) is 0 Å². The summed E-state index contributed by atoms with van der Waals surface area (Å²) in [5, 5.41) is 8.93. The molecule has 1 unspecified atom stereocenters. The number of hydrogen-bond acceptors (Lipinski definition) is 4. The van der Waals surface area contributed by atoms with E-state index < -0.39 is 16.0 Å². The molecule has 2 aliphatic heterocycles. The monoisotopic (exact) mass is 339 g/mol. The van der Waals surface area contributed by atoms with Crippen molar-refractivity contribution in [2.45, 2.75) is 36.6 Å². The average Bonchev–Trinajstić information content (AvgIpc) is 3.06. The number of carboxylic acids is 1. The summed E-state index contributed by atoms with van der Waals surface area (Å²) in [4.78, 5) is 11.1. The zero-order valence-corrected chi connectivity index (χ0v) is 13.7. The van der Waals surface area contributed by atoms with Crippen LogP contribution >= 0.6 is 0 Å². The van der Waals surface area contributed by atoms with Crippen molar-refractivity contribution < 1.29 is 23.1 Å². The Hall–Kier alpha value is -1.44. The van der Waals surface area contributed by atoms with Crippen molar-refractivity contribution in [3.8, 4) is 0 Å². The molecule has 1 atom stereocenters. The van der Waals surface area contributed by atoms with Gasteiger partial charge in [-0.25, -0.2) is 13.2 Å². The minimum Gasteiger partial charge on any atom is -0.478 e. The Bertz CT molecular complexity index is 664. The predicted octanol–water partition coefficient (Wildman–Crippen LogP) is 1.96. The second-order valence-electron chi connectivity index (χ2n) is 6.10. The van der Waals surface area contributed by atoms with Gasteiger partial charge < -0.3 is 9.84 Å². The molecular weight excluding hydrogens is 318 g/mol. The van der Waals surface area contributed by atoms with E-state index in [1.54, 1.807) is 4.31 Å². The van der Waals surface area contributed by atoms with Crippen LogP contribution in [0.1, 0.15) is 36.0 Å². The molecular formula is C16H21NO5S. The zero-order chi connectivity index (χ0) is 16.4. The normalized spacial score (nSPS) is 23.9. The van der Waals surface area contributed by atoms with Crippen molar-refractivity contribution in [3.05, 3.63) is 29.8 Å². The van der Waals surface area contributed by atoms with E-state index in [1.165, 1.54) is 24.3 Å². The average molecular weight is 339 g/mol. The first-order valence-corrected chi connectivity index (χ1v) is 9.37. The molecule has 0 aliphatic carbocycles. The number of carboxylic acid groups (broad SMARTS) is 1. The highest BCUT2D eigenvalue weighted by molar-refractivity contribution is 7.89. The fourth-order valence-electron chi connectivity index (χ4n) is 3.54. The molecule has 1 aromatic carbocycles. The van der Waals surface area contributed by atoms with Gasteiger partial charge >= 0.3 is 5.97 Å². The highest BCUT2D eigenvalue weighted by atomic mass is 32.2. The highest BCUT2D eigenvalue weighted by Crippen LogP contribution is 2.34. The lowest BCUT2D eigenvalue weighted by atomic mass is 9.91. The molecule has 1 aromatic rings. The molecule has 2 aliphatic rings. The summed E-state index contributed by atoms with van der Waals surface area (Å²) in [6.07, 6.45) is 3.55. The summed E-state index contributed by atoms with van der Waals surface area (Å²) in [5.74, 6) is -0.713. The van der Waals surface area contributed by atoms with Crippen molar-refractivity contribution >= 4 is 16.0 Å². The quantitative estimate of drug-likeness (QED) is 0.906. The maximum atomic E-state index is 12.9. The Morgan fingerprint density at radius 3 is 2.39 bits per heavy atom. The second-order valence-corrected chi connectivity index (χ2v) is 8.00. The fourth-order valence-corrected chi connectivity index (χ4v) is 5.30. The minimum atomic E-state index is -3.58. The summed E-state index contributed by atoms with van der Waals surface area (Å²) >= 11 is 0. The van der Waals surface area contributed by atoms with E-state index in [0.717, 1.165) is 25.7 Å². The van der Waals surface area contributed by atoms with Gasteiger partial charge in [-0.15, -0.1) is 0 Å². The molecule has 126 valence electrons. The van der Waals surface area contributed by atoms with Gasteiger partial charge in [-0.2, -0.15) is 4.31 Å². The van der Waals surface area contributed by atoms with Crippen LogP contribution in [0.4, 0.5) is 0 Å². The van der Waals surface area contributed by atoms with E-state index in [4.69, 9.17) is 9.84 Å². The number of rotatable bonds is 4. The summed E-state index contributed by atoms with van der Waals surface area (Å²) in [5.41, 5.74) is 0.0892. The lowest BCUT2D eigenvalue weighted by molar-refractivity contribution is 0.0476. The fraction of sp³-hybridized carbons (Fsp3) is 0.562. The Balaban J connectivity index is 1.84. The number of carbonyl (C=O) groups is 1. The van der Waals surface area contributed by atoms with E-state index in [1.807, 2.05) is 0 Å². The maximum Gasteiger partial charge on any atom is 0.335 e. The molecule has 7 heteroatoms. The molecule has 23 heavy (non-hydrogen) atoms. The Labute approximate surface area is 136 Å². The van der Waals surface area contributed by atoms with Crippen molar-refractivity contribution in [1.29, 1.82) is 0 Å². The first-order chi connectivity index (χ1) is 11.0. The van der Waals surface area contributed by atoms with E-state index in [-0.39, 0.29) is 16.5 Å². The molecule has 2 saturated heterocycles. The van der Waals surface area contributed by atoms with Crippen LogP contribution in [0.3, 0.4) is 0 Å². The summed E-state index contributed by atoms with van der Waals surface area (Å²) in [6, 6.07) is 5.49. The van der Waals surface area contributed by atoms with Gasteiger partial charge in [-0.1, -0.05) is 0 Å². The third-order valence-electron chi connectivity index (χ3n) is 4.77. The third-order valence-corrected chi connectivity index (χ3v) is 6.70. The third kappa shape index (κ3) is 3.27. The first-order valence-electron chi connectivity index (χ1n) is 7.93. The van der Waals surface area contributed by atoms with Gasteiger partial charge in [0.15, 0.2) is 0 Å². The lowest BCUT2D eigenvalue weighted by Crippen LogP contribution is -2.41. The molecule has 1 N–H and O–H groups in total. The Morgan fingerprint density at radius 2 is 1.78 bits per heavy atom. The van der Waals surface area contributed by atoms with Crippen LogP contribution in [0, 0.1) is 5.92 Å². The van der Waals surface area contributed by atoms with Crippen LogP contribution in [0.2, 0.25) is 0 Å². The Kier molecular flexibility index (Phi) is 4.70. The van der Waals surface area contributed by atoms with Crippen LogP contribution in [0.25, 0.3) is 0 Å².